The van der Waals surface area contributed by atoms with Crippen molar-refractivity contribution in [3.63, 3.8) is 0 Å². The fourth-order valence-electron chi connectivity index (χ4n) is 3.32. The first-order valence-electron chi connectivity index (χ1n) is 10.8. The first kappa shape index (κ1) is 15.4. The van der Waals surface area contributed by atoms with Crippen LogP contribution < -0.4 is 9.46 Å². The molecule has 30 heavy (non-hydrogen) atoms. The summed E-state index contributed by atoms with van der Waals surface area (Å²) >= 11 is 0. The van der Waals surface area contributed by atoms with E-state index in [9.17, 15) is 8.42 Å². The Hall–Kier alpha value is -3.40. The molecule has 1 aromatic carbocycles. The number of nitrogens with zero attached hydrogens (tertiary/aromatic N) is 5. The van der Waals surface area contributed by atoms with E-state index in [4.69, 9.17) is 8.85 Å². The van der Waals surface area contributed by atoms with E-state index in [0.717, 1.165) is 23.1 Å². The Morgan fingerprint density at radius 2 is 2.03 bits per heavy atom. The second-order valence-corrected chi connectivity index (χ2v) is 8.77. The Kier molecular flexibility index (Phi) is 3.52. The van der Waals surface area contributed by atoms with Crippen LogP contribution >= 0.6 is 0 Å². The summed E-state index contributed by atoms with van der Waals surface area (Å²) in [4.78, 5) is 4.15. The van der Waals surface area contributed by atoms with Crippen LogP contribution in [-0.2, 0) is 17.0 Å². The van der Waals surface area contributed by atoms with Crippen LogP contribution in [-0.4, -0.2) is 40.1 Å². The lowest BCUT2D eigenvalue weighted by Crippen LogP contribution is -2.15. The summed E-state index contributed by atoms with van der Waals surface area (Å²) in [6.45, 7) is -2.61. The average molecular weight is 428 g/mol. The van der Waals surface area contributed by atoms with E-state index < -0.39 is 17.0 Å². The molecule has 0 amide bonds. The van der Waals surface area contributed by atoms with Gasteiger partial charge in [-0.1, -0.05) is 0 Å². The molecule has 4 aromatic rings. The number of aryl methyl sites for hydroxylation is 1. The zero-order valence-electron chi connectivity index (χ0n) is 19.0. The van der Waals surface area contributed by atoms with Gasteiger partial charge >= 0.3 is 0 Å². The second kappa shape index (κ2) is 6.84. The maximum atomic E-state index is 13.1. The molecular formula is C20H20N6O3S. The number of rotatable bonds is 6. The van der Waals surface area contributed by atoms with Crippen LogP contribution in [0.4, 0.5) is 5.69 Å². The van der Waals surface area contributed by atoms with Gasteiger partial charge in [0.1, 0.15) is 16.3 Å². The molecule has 5 rings (SSSR count). The number of sulfonamides is 1. The predicted octanol–water partition coefficient (Wildman–Crippen LogP) is 2.84. The molecule has 1 saturated carbocycles. The largest absolute Gasteiger partial charge is 0.494 e. The van der Waals surface area contributed by atoms with Gasteiger partial charge in [-0.3, -0.25) is 9.40 Å². The van der Waals surface area contributed by atoms with Crippen LogP contribution in [0.25, 0.3) is 16.7 Å². The van der Waals surface area contributed by atoms with Crippen molar-refractivity contribution in [3.8, 4) is 11.6 Å². The first-order valence-corrected chi connectivity index (χ1v) is 10.7. The molecule has 0 radical (unpaired) electrons. The van der Waals surface area contributed by atoms with E-state index in [-0.39, 0.29) is 21.8 Å². The summed E-state index contributed by atoms with van der Waals surface area (Å²) in [6.07, 6.45) is 8.58. The van der Waals surface area contributed by atoms with E-state index in [1.807, 2.05) is 6.20 Å². The van der Waals surface area contributed by atoms with E-state index >= 15 is 0 Å². The Morgan fingerprint density at radius 1 is 1.17 bits per heavy atom. The average Bonchev–Trinajstić information content (AvgIpc) is 3.32. The summed E-state index contributed by atoms with van der Waals surface area (Å²) in [5.41, 5.74) is 1.21. The zero-order valence-corrected chi connectivity index (χ0v) is 16.8. The van der Waals surface area contributed by atoms with Gasteiger partial charge in [-0.05, 0) is 48.6 Å². The number of anilines is 1. The second-order valence-electron chi connectivity index (χ2n) is 7.09. The Labute approximate surface area is 177 Å². The predicted molar refractivity (Wildman–Crippen MR) is 111 cm³/mol. The number of methoxy groups -OCH3 is 1. The lowest BCUT2D eigenvalue weighted by atomic mass is 10.2. The molecular weight excluding hydrogens is 404 g/mol. The van der Waals surface area contributed by atoms with E-state index in [1.165, 1.54) is 25.6 Å². The molecule has 3 aromatic heterocycles. The number of fused-ring (bicyclic) bond motifs is 1. The standard InChI is InChI=1S/C20H20N6O3S/c1-25-20-14(9-22-25)5-7-17(29-2)19(20)24-30(27,28)16-6-8-18(21-11-16)26-12-15(10-23-26)13-3-4-13/h5-13,24H,3-4H2,1-2H3/i1D3. The minimum atomic E-state index is -4.12. The van der Waals surface area contributed by atoms with Crippen LogP contribution in [0.3, 0.4) is 0 Å². The number of ether oxygens (including phenoxy) is 1. The van der Waals surface area contributed by atoms with Gasteiger partial charge < -0.3 is 4.74 Å². The number of benzene rings is 1. The SMILES string of the molecule is [2H]C([2H])([2H])n1ncc2ccc(OC)c(NS(=O)(=O)c3ccc(-n4cc(C5CC5)cn4)nc3)c21. The van der Waals surface area contributed by atoms with Crippen molar-refractivity contribution in [2.24, 2.45) is 6.98 Å². The highest BCUT2D eigenvalue weighted by molar-refractivity contribution is 7.92. The van der Waals surface area contributed by atoms with Gasteiger partial charge in [0.05, 0.1) is 25.0 Å². The van der Waals surface area contributed by atoms with E-state index in [1.54, 1.807) is 29.1 Å². The summed E-state index contributed by atoms with van der Waals surface area (Å²) in [5, 5.41) is 8.66. The Bertz CT molecular complexity index is 1440. The summed E-state index contributed by atoms with van der Waals surface area (Å²) in [6, 6.07) is 6.12. The van der Waals surface area contributed by atoms with Crippen molar-refractivity contribution in [1.82, 2.24) is 24.5 Å². The monoisotopic (exact) mass is 427 g/mol. The molecule has 3 heterocycles. The van der Waals surface area contributed by atoms with Crippen molar-refractivity contribution in [3.05, 3.63) is 54.6 Å². The Balaban J connectivity index is 1.50. The molecule has 0 unspecified atom stereocenters. The highest BCUT2D eigenvalue weighted by atomic mass is 32.2. The first-order chi connectivity index (χ1) is 15.7. The third-order valence-corrected chi connectivity index (χ3v) is 6.40. The molecule has 10 heteroatoms. The minimum absolute atomic E-state index is 0.0196. The highest BCUT2D eigenvalue weighted by Crippen LogP contribution is 2.40. The fraction of sp³-hybridized carbons (Fsp3) is 0.250. The number of pyridine rings is 1. The topological polar surface area (TPSA) is 104 Å². The molecule has 0 bridgehead atoms. The number of hydrogen-bond acceptors (Lipinski definition) is 6. The lowest BCUT2D eigenvalue weighted by molar-refractivity contribution is 0.417. The van der Waals surface area contributed by atoms with Crippen molar-refractivity contribution in [2.45, 2.75) is 23.7 Å². The fourth-order valence-corrected chi connectivity index (χ4v) is 4.34. The molecule has 154 valence electrons. The van der Waals surface area contributed by atoms with Crippen LogP contribution in [0, 0.1) is 0 Å². The van der Waals surface area contributed by atoms with Crippen molar-refractivity contribution in [1.29, 1.82) is 0 Å². The van der Waals surface area contributed by atoms with E-state index in [0.29, 0.717) is 17.1 Å². The summed E-state index contributed by atoms with van der Waals surface area (Å²) < 4.78 is 59.6. The number of aromatic nitrogens is 5. The summed E-state index contributed by atoms with van der Waals surface area (Å²) in [5.74, 6) is 1.19. The van der Waals surface area contributed by atoms with Crippen LogP contribution in [0.15, 0.2) is 53.9 Å². The van der Waals surface area contributed by atoms with Crippen molar-refractivity contribution in [2.75, 3.05) is 11.8 Å². The maximum Gasteiger partial charge on any atom is 0.263 e. The molecule has 0 saturated heterocycles. The smallest absolute Gasteiger partial charge is 0.263 e. The van der Waals surface area contributed by atoms with Crippen molar-refractivity contribution < 1.29 is 17.3 Å². The quantitative estimate of drug-likeness (QED) is 0.507. The van der Waals surface area contributed by atoms with Gasteiger partial charge in [0, 0.05) is 28.9 Å². The van der Waals surface area contributed by atoms with Crippen LogP contribution in [0.2, 0.25) is 0 Å². The highest BCUT2D eigenvalue weighted by Gasteiger charge is 2.25. The molecule has 0 atom stereocenters. The molecule has 0 spiro atoms. The Morgan fingerprint density at radius 3 is 2.73 bits per heavy atom. The summed E-state index contributed by atoms with van der Waals surface area (Å²) in [7, 11) is -2.76. The van der Waals surface area contributed by atoms with Gasteiger partial charge in [-0.2, -0.15) is 10.2 Å². The van der Waals surface area contributed by atoms with Gasteiger partial charge in [0.15, 0.2) is 5.82 Å². The van der Waals surface area contributed by atoms with Crippen LogP contribution in [0.1, 0.15) is 28.4 Å². The van der Waals surface area contributed by atoms with Gasteiger partial charge in [-0.15, -0.1) is 0 Å². The lowest BCUT2D eigenvalue weighted by Gasteiger charge is -2.14. The third-order valence-electron chi connectivity index (χ3n) is 5.07. The van der Waals surface area contributed by atoms with Crippen molar-refractivity contribution >= 4 is 26.6 Å². The molecule has 1 aliphatic rings. The normalized spacial score (nSPS) is 16.1. The van der Waals surface area contributed by atoms with Gasteiger partial charge in [0.2, 0.25) is 0 Å². The van der Waals surface area contributed by atoms with E-state index in [2.05, 4.69) is 19.9 Å². The van der Waals surface area contributed by atoms with Crippen LogP contribution in [0.5, 0.6) is 5.75 Å². The number of hydrogen-bond donors (Lipinski definition) is 1. The molecule has 9 nitrogen and oxygen atoms in total. The van der Waals surface area contributed by atoms with Gasteiger partial charge in [-0.25, -0.2) is 18.1 Å². The molecule has 1 fully saturated rings. The maximum absolute atomic E-state index is 13.1. The zero-order chi connectivity index (χ0) is 23.4. The number of nitrogens with one attached hydrogen (secondary N) is 1. The minimum Gasteiger partial charge on any atom is -0.494 e. The van der Waals surface area contributed by atoms with Gasteiger partial charge in [0.25, 0.3) is 10.0 Å². The molecule has 0 aliphatic heterocycles. The molecule has 1 N–H and O–H groups in total. The molecule has 1 aliphatic carbocycles. The third kappa shape index (κ3) is 3.18.